The van der Waals surface area contributed by atoms with Crippen molar-refractivity contribution in [1.82, 2.24) is 4.90 Å². The number of rotatable bonds is 4. The van der Waals surface area contributed by atoms with Gasteiger partial charge in [-0.3, -0.25) is 9.59 Å². The number of halogens is 1. The van der Waals surface area contributed by atoms with E-state index in [1.165, 1.54) is 0 Å². The standard InChI is InChI=1S/C24H20ClN3O2/c25-20-10-3-1-8-18(20)23(29)26-16-7-5-6-15(14-16)22-27-21-11-4-2-9-19(21)24(30)28(22)17-12-13-17/h1-11,14,17,22,27H,12-13H2,(H,26,29)/t22-/m1/s1. The zero-order valence-electron chi connectivity index (χ0n) is 16.1. The third-order valence-electron chi connectivity index (χ3n) is 5.48. The minimum atomic E-state index is -0.280. The lowest BCUT2D eigenvalue weighted by atomic mass is 10.0. The predicted molar refractivity (Wildman–Crippen MR) is 118 cm³/mol. The van der Waals surface area contributed by atoms with Crippen molar-refractivity contribution in [3.8, 4) is 0 Å². The number of hydrogen-bond acceptors (Lipinski definition) is 3. The Morgan fingerprint density at radius 1 is 1.00 bits per heavy atom. The fourth-order valence-electron chi connectivity index (χ4n) is 3.87. The lowest BCUT2D eigenvalue weighted by molar-refractivity contribution is 0.0666. The molecule has 0 saturated heterocycles. The third kappa shape index (κ3) is 3.42. The molecule has 1 fully saturated rings. The van der Waals surface area contributed by atoms with Crippen molar-refractivity contribution in [1.29, 1.82) is 0 Å². The molecule has 1 aliphatic carbocycles. The number of anilines is 2. The van der Waals surface area contributed by atoms with E-state index in [2.05, 4.69) is 10.6 Å². The van der Waals surface area contributed by atoms with Crippen LogP contribution in [0.5, 0.6) is 0 Å². The Morgan fingerprint density at radius 2 is 1.77 bits per heavy atom. The quantitative estimate of drug-likeness (QED) is 0.603. The zero-order chi connectivity index (χ0) is 20.7. The van der Waals surface area contributed by atoms with Crippen LogP contribution < -0.4 is 10.6 Å². The zero-order valence-corrected chi connectivity index (χ0v) is 16.9. The smallest absolute Gasteiger partial charge is 0.258 e. The lowest BCUT2D eigenvalue weighted by Gasteiger charge is -2.38. The molecule has 1 atom stereocenters. The second-order valence-corrected chi connectivity index (χ2v) is 8.00. The van der Waals surface area contributed by atoms with Gasteiger partial charge < -0.3 is 15.5 Å². The van der Waals surface area contributed by atoms with E-state index >= 15 is 0 Å². The van der Waals surface area contributed by atoms with E-state index in [-0.39, 0.29) is 24.0 Å². The highest BCUT2D eigenvalue weighted by atomic mass is 35.5. The largest absolute Gasteiger partial charge is 0.361 e. The Kier molecular flexibility index (Phi) is 4.68. The molecular formula is C24H20ClN3O2. The molecule has 0 bridgehead atoms. The molecule has 1 aliphatic heterocycles. The first-order valence-electron chi connectivity index (χ1n) is 9.96. The first kappa shape index (κ1) is 18.7. The molecule has 1 saturated carbocycles. The van der Waals surface area contributed by atoms with Crippen molar-refractivity contribution in [2.45, 2.75) is 25.0 Å². The summed E-state index contributed by atoms with van der Waals surface area (Å²) < 4.78 is 0. The Balaban J connectivity index is 1.45. The summed E-state index contributed by atoms with van der Waals surface area (Å²) in [6.45, 7) is 0. The van der Waals surface area contributed by atoms with E-state index < -0.39 is 0 Å². The van der Waals surface area contributed by atoms with Gasteiger partial charge >= 0.3 is 0 Å². The molecule has 0 radical (unpaired) electrons. The van der Waals surface area contributed by atoms with Crippen LogP contribution in [0.15, 0.2) is 72.8 Å². The van der Waals surface area contributed by atoms with Crippen molar-refractivity contribution in [3.05, 3.63) is 94.5 Å². The van der Waals surface area contributed by atoms with Gasteiger partial charge in [0.25, 0.3) is 11.8 Å². The molecule has 0 aromatic heterocycles. The first-order chi connectivity index (χ1) is 14.6. The van der Waals surface area contributed by atoms with Crippen LogP contribution >= 0.6 is 11.6 Å². The highest BCUT2D eigenvalue weighted by Crippen LogP contribution is 2.41. The molecule has 5 rings (SSSR count). The van der Waals surface area contributed by atoms with Gasteiger partial charge in [0.15, 0.2) is 0 Å². The van der Waals surface area contributed by atoms with Gasteiger partial charge in [0.05, 0.1) is 16.1 Å². The van der Waals surface area contributed by atoms with Crippen molar-refractivity contribution < 1.29 is 9.59 Å². The van der Waals surface area contributed by atoms with Gasteiger partial charge in [-0.15, -0.1) is 0 Å². The van der Waals surface area contributed by atoms with Crippen molar-refractivity contribution >= 4 is 34.8 Å². The second kappa shape index (κ2) is 7.50. The molecule has 5 nitrogen and oxygen atoms in total. The van der Waals surface area contributed by atoms with Gasteiger partial charge in [-0.05, 0) is 54.8 Å². The van der Waals surface area contributed by atoms with Crippen LogP contribution in [0.1, 0.15) is 45.3 Å². The van der Waals surface area contributed by atoms with Crippen LogP contribution in [0.25, 0.3) is 0 Å². The molecule has 2 aliphatic rings. The van der Waals surface area contributed by atoms with E-state index in [4.69, 9.17) is 11.6 Å². The number of carbonyl (C=O) groups is 2. The van der Waals surface area contributed by atoms with Crippen LogP contribution in [0.4, 0.5) is 11.4 Å². The number of amides is 2. The maximum absolute atomic E-state index is 13.2. The highest BCUT2D eigenvalue weighted by molar-refractivity contribution is 6.34. The summed E-state index contributed by atoms with van der Waals surface area (Å²) >= 11 is 6.15. The maximum atomic E-state index is 13.2. The number of para-hydroxylation sites is 1. The number of carbonyl (C=O) groups excluding carboxylic acids is 2. The first-order valence-corrected chi connectivity index (χ1v) is 10.3. The van der Waals surface area contributed by atoms with Crippen molar-refractivity contribution in [2.24, 2.45) is 0 Å². The number of benzene rings is 3. The number of fused-ring (bicyclic) bond motifs is 1. The van der Waals surface area contributed by atoms with Gasteiger partial charge in [-0.25, -0.2) is 0 Å². The third-order valence-corrected chi connectivity index (χ3v) is 5.81. The average molecular weight is 418 g/mol. The summed E-state index contributed by atoms with van der Waals surface area (Å²) in [6, 6.07) is 22.4. The molecule has 0 unspecified atom stereocenters. The molecule has 1 heterocycles. The Bertz CT molecular complexity index is 1140. The summed E-state index contributed by atoms with van der Waals surface area (Å²) in [4.78, 5) is 27.7. The molecule has 3 aromatic rings. The summed E-state index contributed by atoms with van der Waals surface area (Å²) in [7, 11) is 0. The van der Waals surface area contributed by atoms with E-state index in [9.17, 15) is 9.59 Å². The molecule has 3 aromatic carbocycles. The predicted octanol–water partition coefficient (Wildman–Crippen LogP) is 5.32. The van der Waals surface area contributed by atoms with Gasteiger partial charge in [-0.1, -0.05) is 48.0 Å². The Labute approximate surface area is 179 Å². The Morgan fingerprint density at radius 3 is 2.57 bits per heavy atom. The van der Waals surface area contributed by atoms with Crippen LogP contribution in [-0.4, -0.2) is 22.8 Å². The monoisotopic (exact) mass is 417 g/mol. The summed E-state index contributed by atoms with van der Waals surface area (Å²) in [6.07, 6.45) is 1.74. The van der Waals surface area contributed by atoms with Crippen LogP contribution in [0.2, 0.25) is 5.02 Å². The minimum absolute atomic E-state index is 0.0438. The molecular weight excluding hydrogens is 398 g/mol. The van der Waals surface area contributed by atoms with Crippen molar-refractivity contribution in [3.63, 3.8) is 0 Å². The van der Waals surface area contributed by atoms with Crippen LogP contribution in [0.3, 0.4) is 0 Å². The van der Waals surface area contributed by atoms with Crippen LogP contribution in [-0.2, 0) is 0 Å². The summed E-state index contributed by atoms with van der Waals surface area (Å²) in [5.74, 6) is -0.225. The van der Waals surface area contributed by atoms with Gasteiger partial charge in [0.1, 0.15) is 6.17 Å². The summed E-state index contributed by atoms with van der Waals surface area (Å²) in [5.41, 5.74) is 3.52. The van der Waals surface area contributed by atoms with E-state index in [0.717, 1.165) is 24.1 Å². The number of nitrogens with zero attached hydrogens (tertiary/aromatic N) is 1. The maximum Gasteiger partial charge on any atom is 0.258 e. The minimum Gasteiger partial charge on any atom is -0.361 e. The fourth-order valence-corrected chi connectivity index (χ4v) is 4.09. The van der Waals surface area contributed by atoms with Gasteiger partial charge in [0.2, 0.25) is 0 Å². The topological polar surface area (TPSA) is 61.4 Å². The molecule has 0 spiro atoms. The molecule has 150 valence electrons. The fraction of sp³-hybridized carbons (Fsp3) is 0.167. The normalized spacial score (nSPS) is 17.8. The molecule has 30 heavy (non-hydrogen) atoms. The van der Waals surface area contributed by atoms with E-state index in [0.29, 0.717) is 21.8 Å². The number of nitrogens with one attached hydrogen (secondary N) is 2. The SMILES string of the molecule is O=C(Nc1cccc([C@@H]2Nc3ccccc3C(=O)N2C2CC2)c1)c1ccccc1Cl. The Hall–Kier alpha value is -3.31. The van der Waals surface area contributed by atoms with Gasteiger partial charge in [0, 0.05) is 17.4 Å². The average Bonchev–Trinajstić information content (AvgIpc) is 3.59. The van der Waals surface area contributed by atoms with Crippen LogP contribution in [0, 0.1) is 0 Å². The molecule has 6 heteroatoms. The lowest BCUT2D eigenvalue weighted by Crippen LogP contribution is -2.44. The van der Waals surface area contributed by atoms with E-state index in [1.54, 1.807) is 24.3 Å². The van der Waals surface area contributed by atoms with Crippen molar-refractivity contribution in [2.75, 3.05) is 10.6 Å². The van der Waals surface area contributed by atoms with E-state index in [1.807, 2.05) is 53.4 Å². The number of hydrogen-bond donors (Lipinski definition) is 2. The van der Waals surface area contributed by atoms with Gasteiger partial charge in [-0.2, -0.15) is 0 Å². The molecule has 2 amide bonds. The summed E-state index contributed by atoms with van der Waals surface area (Å²) in [5, 5.41) is 6.83. The highest BCUT2D eigenvalue weighted by Gasteiger charge is 2.42. The second-order valence-electron chi connectivity index (χ2n) is 7.60. The molecule has 2 N–H and O–H groups in total.